The van der Waals surface area contributed by atoms with Gasteiger partial charge in [0.1, 0.15) is 5.82 Å². The number of nitrogens with zero attached hydrogens (tertiary/aromatic N) is 1. The van der Waals surface area contributed by atoms with Crippen LogP contribution in [0.15, 0.2) is 23.4 Å². The fraction of sp³-hybridized carbons (Fsp3) is 0.533. The first-order chi connectivity index (χ1) is 10.2. The molecule has 1 aliphatic rings. The molecule has 5 nitrogen and oxygen atoms in total. The van der Waals surface area contributed by atoms with Crippen LogP contribution in [-0.2, 0) is 6.54 Å². The van der Waals surface area contributed by atoms with Crippen molar-refractivity contribution in [3.05, 3.63) is 35.1 Å². The predicted octanol–water partition coefficient (Wildman–Crippen LogP) is 1.56. The molecule has 116 valence electrons. The highest BCUT2D eigenvalue weighted by atomic mass is 19.1. The predicted molar refractivity (Wildman–Crippen MR) is 78.6 cm³/mol. The van der Waals surface area contributed by atoms with Gasteiger partial charge in [-0.1, -0.05) is 30.1 Å². The lowest BCUT2D eigenvalue weighted by molar-refractivity contribution is 0.152. The molecule has 0 saturated heterocycles. The van der Waals surface area contributed by atoms with Crippen molar-refractivity contribution in [2.75, 3.05) is 6.61 Å². The maximum absolute atomic E-state index is 14.3. The summed E-state index contributed by atoms with van der Waals surface area (Å²) in [6, 6.07) is 5.03. The Balaban J connectivity index is 2.06. The summed E-state index contributed by atoms with van der Waals surface area (Å²) in [5.41, 5.74) is 6.02. The summed E-state index contributed by atoms with van der Waals surface area (Å²) in [7, 11) is 0. The number of oxime groups is 1. The first-order valence-electron chi connectivity index (χ1n) is 7.27. The van der Waals surface area contributed by atoms with Crippen LogP contribution < -0.4 is 11.1 Å². The number of nitrogens with two attached hydrogens (primary N) is 1. The smallest absolute Gasteiger partial charge is 0.173 e. The molecule has 6 heteroatoms. The molecule has 2 atom stereocenters. The normalized spacial score (nSPS) is 23.2. The number of rotatable bonds is 5. The molecule has 0 heterocycles. The molecule has 1 fully saturated rings. The van der Waals surface area contributed by atoms with Crippen LogP contribution in [0, 0.1) is 11.7 Å². The summed E-state index contributed by atoms with van der Waals surface area (Å²) in [5.74, 6) is -0.481. The zero-order valence-electron chi connectivity index (χ0n) is 11.9. The van der Waals surface area contributed by atoms with E-state index in [1.165, 1.54) is 6.07 Å². The number of hydrogen-bond donors (Lipinski definition) is 4. The van der Waals surface area contributed by atoms with Gasteiger partial charge in [0, 0.05) is 24.8 Å². The fourth-order valence-corrected chi connectivity index (χ4v) is 2.90. The van der Waals surface area contributed by atoms with Crippen LogP contribution in [0.1, 0.15) is 36.8 Å². The van der Waals surface area contributed by atoms with Crippen LogP contribution in [-0.4, -0.2) is 28.8 Å². The van der Waals surface area contributed by atoms with E-state index in [2.05, 4.69) is 10.5 Å². The molecule has 0 radical (unpaired) electrons. The van der Waals surface area contributed by atoms with Gasteiger partial charge in [0.2, 0.25) is 0 Å². The number of hydrogen-bond acceptors (Lipinski definition) is 4. The lowest BCUT2D eigenvalue weighted by Crippen LogP contribution is -2.40. The van der Waals surface area contributed by atoms with Gasteiger partial charge in [0.15, 0.2) is 5.84 Å². The van der Waals surface area contributed by atoms with Crippen molar-refractivity contribution in [3.63, 3.8) is 0 Å². The van der Waals surface area contributed by atoms with Crippen molar-refractivity contribution in [3.8, 4) is 0 Å². The van der Waals surface area contributed by atoms with Gasteiger partial charge in [-0.15, -0.1) is 0 Å². The largest absolute Gasteiger partial charge is 0.409 e. The Morgan fingerprint density at radius 1 is 1.38 bits per heavy atom. The minimum atomic E-state index is -0.475. The van der Waals surface area contributed by atoms with Crippen LogP contribution in [0.5, 0.6) is 0 Å². The minimum absolute atomic E-state index is 0.0964. The van der Waals surface area contributed by atoms with E-state index in [9.17, 15) is 9.50 Å². The molecule has 1 aliphatic carbocycles. The van der Waals surface area contributed by atoms with Gasteiger partial charge in [0.25, 0.3) is 0 Å². The second-order valence-electron chi connectivity index (χ2n) is 5.48. The third kappa shape index (κ3) is 3.71. The average molecular weight is 295 g/mol. The van der Waals surface area contributed by atoms with E-state index in [0.29, 0.717) is 12.1 Å². The van der Waals surface area contributed by atoms with E-state index in [0.717, 1.165) is 25.7 Å². The molecule has 0 aliphatic heterocycles. The van der Waals surface area contributed by atoms with Crippen molar-refractivity contribution in [2.24, 2.45) is 16.8 Å². The van der Waals surface area contributed by atoms with Crippen LogP contribution in [0.25, 0.3) is 0 Å². The van der Waals surface area contributed by atoms with E-state index in [4.69, 9.17) is 10.9 Å². The molecule has 1 saturated carbocycles. The topological polar surface area (TPSA) is 90.9 Å². The fourth-order valence-electron chi connectivity index (χ4n) is 2.90. The number of nitrogens with one attached hydrogen (secondary N) is 1. The third-order valence-electron chi connectivity index (χ3n) is 4.16. The number of benzene rings is 1. The average Bonchev–Trinajstić information content (AvgIpc) is 2.53. The Bertz CT molecular complexity index is 508. The van der Waals surface area contributed by atoms with Gasteiger partial charge >= 0.3 is 0 Å². The van der Waals surface area contributed by atoms with E-state index >= 15 is 0 Å². The molecular weight excluding hydrogens is 273 g/mol. The molecule has 0 bridgehead atoms. The number of aliphatic hydroxyl groups is 1. The van der Waals surface area contributed by atoms with Crippen molar-refractivity contribution < 1.29 is 14.7 Å². The molecule has 5 N–H and O–H groups in total. The summed E-state index contributed by atoms with van der Waals surface area (Å²) in [4.78, 5) is 0. The monoisotopic (exact) mass is 295 g/mol. The van der Waals surface area contributed by atoms with Crippen LogP contribution in [0.4, 0.5) is 4.39 Å². The van der Waals surface area contributed by atoms with Crippen LogP contribution in [0.2, 0.25) is 0 Å². The van der Waals surface area contributed by atoms with Gasteiger partial charge in [-0.3, -0.25) is 0 Å². The molecule has 1 aromatic carbocycles. The Hall–Kier alpha value is -1.66. The molecule has 2 rings (SSSR count). The maximum atomic E-state index is 14.3. The van der Waals surface area contributed by atoms with Gasteiger partial charge in [-0.2, -0.15) is 0 Å². The third-order valence-corrected chi connectivity index (χ3v) is 4.16. The lowest BCUT2D eigenvalue weighted by atomic mass is 9.85. The molecule has 2 unspecified atom stereocenters. The number of aliphatic hydroxyl groups excluding tert-OH is 1. The first-order valence-corrected chi connectivity index (χ1v) is 7.27. The molecule has 21 heavy (non-hydrogen) atoms. The van der Waals surface area contributed by atoms with Crippen LogP contribution in [0.3, 0.4) is 0 Å². The van der Waals surface area contributed by atoms with Gasteiger partial charge < -0.3 is 21.4 Å². The van der Waals surface area contributed by atoms with E-state index < -0.39 is 5.82 Å². The van der Waals surface area contributed by atoms with Crippen molar-refractivity contribution in [1.82, 2.24) is 5.32 Å². The summed E-state index contributed by atoms with van der Waals surface area (Å²) in [6.07, 6.45) is 4.26. The summed E-state index contributed by atoms with van der Waals surface area (Å²) in [6.45, 7) is 0.518. The zero-order chi connectivity index (χ0) is 15.2. The Labute approximate surface area is 123 Å². The number of amidine groups is 1. The Morgan fingerprint density at radius 3 is 2.86 bits per heavy atom. The van der Waals surface area contributed by atoms with E-state index in [-0.39, 0.29) is 30.0 Å². The first kappa shape index (κ1) is 15.7. The summed E-state index contributed by atoms with van der Waals surface area (Å²) in [5, 5.41) is 24.2. The van der Waals surface area contributed by atoms with Crippen molar-refractivity contribution in [2.45, 2.75) is 38.3 Å². The lowest BCUT2D eigenvalue weighted by Gasteiger charge is -2.31. The second kappa shape index (κ2) is 7.38. The SMILES string of the molecule is N/C(=N/O)c1cccc(CNC2CCCCC2CO)c1F. The molecular formula is C15H22FN3O2. The highest BCUT2D eigenvalue weighted by Crippen LogP contribution is 2.24. The van der Waals surface area contributed by atoms with Crippen LogP contribution >= 0.6 is 0 Å². The molecule has 0 aromatic heterocycles. The Morgan fingerprint density at radius 2 is 2.14 bits per heavy atom. The highest BCUT2D eigenvalue weighted by molar-refractivity contribution is 5.97. The molecule has 1 aromatic rings. The van der Waals surface area contributed by atoms with Crippen molar-refractivity contribution in [1.29, 1.82) is 0 Å². The second-order valence-corrected chi connectivity index (χ2v) is 5.48. The quantitative estimate of drug-likeness (QED) is 0.287. The van der Waals surface area contributed by atoms with Crippen molar-refractivity contribution >= 4 is 5.84 Å². The summed E-state index contributed by atoms with van der Waals surface area (Å²) >= 11 is 0. The molecule has 0 amide bonds. The number of halogens is 1. The van der Waals surface area contributed by atoms with Gasteiger partial charge in [-0.05, 0) is 24.8 Å². The van der Waals surface area contributed by atoms with E-state index in [1.807, 2.05) is 0 Å². The van der Waals surface area contributed by atoms with Gasteiger partial charge in [-0.25, -0.2) is 4.39 Å². The molecule has 0 spiro atoms. The van der Waals surface area contributed by atoms with E-state index in [1.54, 1.807) is 12.1 Å². The standard InChI is InChI=1S/C15H22FN3O2/c16-14-10(5-3-6-12(14)15(17)19-21)8-18-13-7-2-1-4-11(13)9-20/h3,5-6,11,13,18,20-21H,1-2,4,7-9H2,(H2,17,19). The maximum Gasteiger partial charge on any atom is 0.173 e. The Kier molecular flexibility index (Phi) is 5.52. The minimum Gasteiger partial charge on any atom is -0.409 e. The summed E-state index contributed by atoms with van der Waals surface area (Å²) < 4.78 is 14.3. The van der Waals surface area contributed by atoms with Gasteiger partial charge in [0.05, 0.1) is 5.56 Å². The highest BCUT2D eigenvalue weighted by Gasteiger charge is 2.24. The zero-order valence-corrected chi connectivity index (χ0v) is 11.9.